The zero-order valence-electron chi connectivity index (χ0n) is 15.0. The van der Waals surface area contributed by atoms with E-state index in [-0.39, 0.29) is 0 Å². The van der Waals surface area contributed by atoms with E-state index < -0.39 is 0 Å². The molecule has 2 aromatic rings. The topological polar surface area (TPSA) is 33.4 Å². The second-order valence-corrected chi connectivity index (χ2v) is 6.64. The van der Waals surface area contributed by atoms with E-state index in [2.05, 4.69) is 73.0 Å². The minimum absolute atomic E-state index is 0.978. The Bertz CT molecular complexity index is 1130. The third kappa shape index (κ3) is 2.54. The maximum absolute atomic E-state index is 4.86. The monoisotopic (exact) mass is 330 g/mol. The third-order valence-corrected chi connectivity index (χ3v) is 5.08. The molecule has 0 atom stereocenters. The molecule has 0 unspecified atom stereocenters. The number of nitrogens with zero attached hydrogens (tertiary/aromatic N) is 4. The molecule has 1 aliphatic carbocycles. The number of aryl methyl sites for hydroxylation is 2. The summed E-state index contributed by atoms with van der Waals surface area (Å²) in [5.74, 6) is 1.01. The molecule has 0 saturated heterocycles. The zero-order valence-corrected chi connectivity index (χ0v) is 15.0. The molecule has 1 aromatic heterocycles. The predicted octanol–water partition coefficient (Wildman–Crippen LogP) is 1.89. The second kappa shape index (κ2) is 5.88. The Morgan fingerprint density at radius 1 is 1.12 bits per heavy atom. The number of fused-ring (bicyclic) bond motifs is 1. The molecule has 126 valence electrons. The van der Waals surface area contributed by atoms with Crippen LogP contribution in [0.25, 0.3) is 11.3 Å². The van der Waals surface area contributed by atoms with Gasteiger partial charge >= 0.3 is 0 Å². The van der Waals surface area contributed by atoms with Crippen LogP contribution in [0.2, 0.25) is 0 Å². The fraction of sp³-hybridized carbons (Fsp3) is 0.238. The van der Waals surface area contributed by atoms with Gasteiger partial charge < -0.3 is 9.47 Å². The molecule has 4 rings (SSSR count). The lowest BCUT2D eigenvalue weighted by molar-refractivity contribution is 0.622. The molecular weight excluding hydrogens is 308 g/mol. The van der Waals surface area contributed by atoms with Crippen LogP contribution < -0.4 is 10.6 Å². The quantitative estimate of drug-likeness (QED) is 0.748. The predicted molar refractivity (Wildman–Crippen MR) is 102 cm³/mol. The highest BCUT2D eigenvalue weighted by molar-refractivity contribution is 5.67. The summed E-state index contributed by atoms with van der Waals surface area (Å²) in [5.41, 5.74) is 3.62. The lowest BCUT2D eigenvalue weighted by Gasteiger charge is -2.12. The van der Waals surface area contributed by atoms with Gasteiger partial charge in [0.25, 0.3) is 0 Å². The van der Waals surface area contributed by atoms with Gasteiger partial charge in [0, 0.05) is 43.0 Å². The first-order valence-electron chi connectivity index (χ1n) is 8.53. The third-order valence-electron chi connectivity index (χ3n) is 5.08. The molecule has 0 bridgehead atoms. The number of hydrogen-bond donors (Lipinski definition) is 0. The number of aromatic nitrogens is 2. The fourth-order valence-corrected chi connectivity index (χ4v) is 3.58. The molecule has 1 aliphatic heterocycles. The summed E-state index contributed by atoms with van der Waals surface area (Å²) >= 11 is 0. The highest BCUT2D eigenvalue weighted by Gasteiger charge is 2.11. The van der Waals surface area contributed by atoms with Crippen molar-refractivity contribution >= 4 is 18.0 Å². The molecule has 0 saturated carbocycles. The Morgan fingerprint density at radius 3 is 2.60 bits per heavy atom. The van der Waals surface area contributed by atoms with Crippen molar-refractivity contribution in [2.45, 2.75) is 19.8 Å². The lowest BCUT2D eigenvalue weighted by Crippen LogP contribution is -2.19. The van der Waals surface area contributed by atoms with Crippen LogP contribution in [-0.4, -0.2) is 28.2 Å². The Kier molecular flexibility index (Phi) is 3.68. The van der Waals surface area contributed by atoms with Gasteiger partial charge in [0.15, 0.2) is 0 Å². The van der Waals surface area contributed by atoms with E-state index in [1.807, 2.05) is 11.9 Å². The van der Waals surface area contributed by atoms with Gasteiger partial charge in [0.05, 0.1) is 10.7 Å². The van der Waals surface area contributed by atoms with Crippen LogP contribution in [0.1, 0.15) is 17.8 Å². The van der Waals surface area contributed by atoms with E-state index in [4.69, 9.17) is 4.98 Å². The molecule has 0 N–H and O–H groups in total. The lowest BCUT2D eigenvalue weighted by atomic mass is 10.1. The molecule has 4 nitrogen and oxygen atoms in total. The maximum Gasteiger partial charge on any atom is 0.106 e. The highest BCUT2D eigenvalue weighted by Crippen LogP contribution is 2.15. The molecule has 0 spiro atoms. The molecule has 0 amide bonds. The minimum atomic E-state index is 0.978. The van der Waals surface area contributed by atoms with Crippen LogP contribution in [-0.2, 0) is 13.5 Å². The average Bonchev–Trinajstić information content (AvgIpc) is 3.16. The van der Waals surface area contributed by atoms with E-state index in [0.29, 0.717) is 0 Å². The van der Waals surface area contributed by atoms with Crippen LogP contribution in [0.3, 0.4) is 0 Å². The van der Waals surface area contributed by atoms with Crippen molar-refractivity contribution in [2.75, 3.05) is 7.05 Å². The van der Waals surface area contributed by atoms with Gasteiger partial charge in [-0.05, 0) is 55.5 Å². The molecule has 4 heteroatoms. The van der Waals surface area contributed by atoms with E-state index in [1.54, 1.807) is 0 Å². The van der Waals surface area contributed by atoms with Gasteiger partial charge in [-0.1, -0.05) is 12.1 Å². The van der Waals surface area contributed by atoms with Crippen molar-refractivity contribution < 1.29 is 0 Å². The first-order chi connectivity index (χ1) is 12.1. The van der Waals surface area contributed by atoms with Crippen LogP contribution in [0.15, 0.2) is 47.7 Å². The van der Waals surface area contributed by atoms with E-state index in [1.165, 1.54) is 16.4 Å². The first kappa shape index (κ1) is 15.6. The van der Waals surface area contributed by atoms with Crippen molar-refractivity contribution in [1.82, 2.24) is 14.5 Å². The fourth-order valence-electron chi connectivity index (χ4n) is 3.58. The van der Waals surface area contributed by atoms with Crippen molar-refractivity contribution in [2.24, 2.45) is 12.0 Å². The van der Waals surface area contributed by atoms with Crippen molar-refractivity contribution in [3.05, 3.63) is 75.3 Å². The summed E-state index contributed by atoms with van der Waals surface area (Å²) in [5, 5.41) is 4.59. The van der Waals surface area contributed by atoms with E-state index in [0.717, 1.165) is 40.3 Å². The number of hydrogen-bond acceptors (Lipinski definition) is 3. The largest absolute Gasteiger partial charge is 0.357 e. The summed E-state index contributed by atoms with van der Waals surface area (Å²) in [4.78, 5) is 11.1. The van der Waals surface area contributed by atoms with Gasteiger partial charge in [-0.2, -0.15) is 0 Å². The summed E-state index contributed by atoms with van der Waals surface area (Å²) in [7, 11) is 4.11. The highest BCUT2D eigenvalue weighted by atomic mass is 15.1. The maximum atomic E-state index is 4.86. The van der Waals surface area contributed by atoms with Crippen LogP contribution >= 0.6 is 0 Å². The van der Waals surface area contributed by atoms with E-state index >= 15 is 0 Å². The summed E-state index contributed by atoms with van der Waals surface area (Å²) < 4.78 is 2.17. The summed E-state index contributed by atoms with van der Waals surface area (Å²) in [6, 6.07) is 6.59. The SMILES string of the molecule is C=NC1=c2cc/c(=c3\nc(C)n(C)c3=C3C=CN(C)C=C3)cc2CC1. The molecule has 0 radical (unpaired) electrons. The summed E-state index contributed by atoms with van der Waals surface area (Å²) in [6.07, 6.45) is 10.4. The number of imidazole rings is 1. The number of benzene rings is 1. The molecule has 0 fully saturated rings. The Morgan fingerprint density at radius 2 is 1.88 bits per heavy atom. The molecule has 2 aliphatic rings. The van der Waals surface area contributed by atoms with Gasteiger partial charge in [0.2, 0.25) is 0 Å². The number of allylic oxidation sites excluding steroid dienone is 2. The molecule has 2 heterocycles. The number of aliphatic imine (C=N–C) groups is 1. The molecular formula is C21H22N4. The van der Waals surface area contributed by atoms with Crippen LogP contribution in [0, 0.1) is 17.5 Å². The number of rotatable bonds is 1. The molecule has 25 heavy (non-hydrogen) atoms. The van der Waals surface area contributed by atoms with Gasteiger partial charge in [-0.15, -0.1) is 0 Å². The van der Waals surface area contributed by atoms with Crippen LogP contribution in [0.5, 0.6) is 0 Å². The average molecular weight is 330 g/mol. The van der Waals surface area contributed by atoms with Gasteiger partial charge in [-0.3, -0.25) is 4.99 Å². The molecule has 1 aromatic carbocycles. The minimum Gasteiger partial charge on any atom is -0.357 e. The standard InChI is InChI=1S/C21H22N4/c1-14-23-20(21(25(14)4)15-9-11-24(3)12-10-15)17-5-7-18-16(13-17)6-8-19(18)22-2/h5,7,9-13H,2,6,8H2,1,3-4H3/b20-17+. The smallest absolute Gasteiger partial charge is 0.106 e. The van der Waals surface area contributed by atoms with Gasteiger partial charge in [-0.25, -0.2) is 4.98 Å². The van der Waals surface area contributed by atoms with Crippen molar-refractivity contribution in [3.8, 4) is 0 Å². The van der Waals surface area contributed by atoms with Crippen molar-refractivity contribution in [3.63, 3.8) is 0 Å². The Balaban J connectivity index is 2.12. The van der Waals surface area contributed by atoms with Gasteiger partial charge in [0.1, 0.15) is 5.82 Å². The first-order valence-corrected chi connectivity index (χ1v) is 8.53. The normalized spacial score (nSPS) is 17.3. The zero-order chi connectivity index (χ0) is 17.6. The summed E-state index contributed by atoms with van der Waals surface area (Å²) in [6.45, 7) is 5.75. The van der Waals surface area contributed by atoms with Crippen molar-refractivity contribution in [1.29, 1.82) is 0 Å². The Labute approximate surface area is 147 Å². The second-order valence-electron chi connectivity index (χ2n) is 6.64. The Hall–Kier alpha value is -2.88. The van der Waals surface area contributed by atoms with E-state index in [9.17, 15) is 0 Å². The van der Waals surface area contributed by atoms with Crippen LogP contribution in [0.4, 0.5) is 0 Å².